The largest absolute Gasteiger partial charge is 0.450 e. The summed E-state index contributed by atoms with van der Waals surface area (Å²) >= 11 is 0. The number of anilines is 1. The van der Waals surface area contributed by atoms with Crippen molar-refractivity contribution in [3.8, 4) is 11.4 Å². The predicted octanol–water partition coefficient (Wildman–Crippen LogP) is 3.67. The zero-order valence-corrected chi connectivity index (χ0v) is 19.4. The van der Waals surface area contributed by atoms with E-state index in [0.29, 0.717) is 32.9 Å². The maximum atomic E-state index is 12.1. The first-order chi connectivity index (χ1) is 16.1. The van der Waals surface area contributed by atoms with Gasteiger partial charge in [0.1, 0.15) is 5.82 Å². The first-order valence-corrected chi connectivity index (χ1v) is 11.9. The Labute approximate surface area is 194 Å². The van der Waals surface area contributed by atoms with Gasteiger partial charge in [0.2, 0.25) is 0 Å². The Bertz CT molecular complexity index is 1050. The molecule has 0 saturated carbocycles. The van der Waals surface area contributed by atoms with Gasteiger partial charge in [0.05, 0.1) is 31.6 Å². The molecule has 5 rings (SSSR count). The number of morpholine rings is 1. The summed E-state index contributed by atoms with van der Waals surface area (Å²) in [4.78, 5) is 30.9. The van der Waals surface area contributed by atoms with E-state index < -0.39 is 0 Å². The summed E-state index contributed by atoms with van der Waals surface area (Å²) in [5, 5.41) is 0. The summed E-state index contributed by atoms with van der Waals surface area (Å²) in [6, 6.07) is 4.42. The van der Waals surface area contributed by atoms with Crippen LogP contribution in [0, 0.1) is 0 Å². The molecule has 1 atom stereocenters. The summed E-state index contributed by atoms with van der Waals surface area (Å²) in [6.07, 6.45) is 8.48. The van der Waals surface area contributed by atoms with Gasteiger partial charge in [-0.1, -0.05) is 12.2 Å². The highest BCUT2D eigenvalue weighted by molar-refractivity contribution is 5.75. The second-order valence-corrected chi connectivity index (χ2v) is 8.88. The molecular formula is C25H31N5O3. The number of piperidine rings is 1. The number of hydrogen-bond donors (Lipinski definition) is 0. The van der Waals surface area contributed by atoms with Gasteiger partial charge < -0.3 is 19.3 Å². The first-order valence-electron chi connectivity index (χ1n) is 11.9. The number of hydrogen-bond acceptors (Lipinski definition) is 7. The second-order valence-electron chi connectivity index (χ2n) is 8.88. The molecule has 8 nitrogen and oxygen atoms in total. The Morgan fingerprint density at radius 3 is 2.88 bits per heavy atom. The lowest BCUT2D eigenvalue weighted by Crippen LogP contribution is -2.44. The molecule has 1 amide bonds. The molecule has 2 saturated heterocycles. The summed E-state index contributed by atoms with van der Waals surface area (Å²) in [6.45, 7) is 7.98. The molecule has 0 N–H and O–H groups in total. The highest BCUT2D eigenvalue weighted by atomic mass is 16.6. The summed E-state index contributed by atoms with van der Waals surface area (Å²) in [7, 11) is 0. The molecule has 0 bridgehead atoms. The standard InChI is InChI=1S/C25H31N5O3/c1-3-33-25(31)29-11-8-18(9-12-29)22-15-23(30-13-14-32-16-17(30)2)28-24(27-22)20-7-10-26-21-6-4-5-19(20)21/h4-5,7,10,15,17-18H,3,6,8-9,11-14,16H2,1-2H3/t17-/m1/s1. The maximum absolute atomic E-state index is 12.1. The Balaban J connectivity index is 1.48. The molecule has 3 aliphatic rings. The van der Waals surface area contributed by atoms with Crippen molar-refractivity contribution in [1.29, 1.82) is 0 Å². The monoisotopic (exact) mass is 449 g/mol. The van der Waals surface area contributed by atoms with Crippen LogP contribution in [0.1, 0.15) is 49.6 Å². The van der Waals surface area contributed by atoms with E-state index in [-0.39, 0.29) is 18.1 Å². The normalized spacial score (nSPS) is 20.7. The van der Waals surface area contributed by atoms with Crippen molar-refractivity contribution < 1.29 is 14.3 Å². The van der Waals surface area contributed by atoms with Crippen molar-refractivity contribution in [2.24, 2.45) is 0 Å². The number of fused-ring (bicyclic) bond motifs is 1. The van der Waals surface area contributed by atoms with E-state index in [4.69, 9.17) is 19.4 Å². The summed E-state index contributed by atoms with van der Waals surface area (Å²) < 4.78 is 10.8. The molecule has 0 unspecified atom stereocenters. The van der Waals surface area contributed by atoms with Crippen LogP contribution in [0.5, 0.6) is 0 Å². The minimum atomic E-state index is -0.221. The quantitative estimate of drug-likeness (QED) is 0.704. The van der Waals surface area contributed by atoms with Crippen molar-refractivity contribution in [3.05, 3.63) is 41.4 Å². The van der Waals surface area contributed by atoms with Crippen LogP contribution in [0.25, 0.3) is 17.5 Å². The fraction of sp³-hybridized carbons (Fsp3) is 0.520. The van der Waals surface area contributed by atoms with Crippen LogP contribution in [0.15, 0.2) is 24.4 Å². The molecule has 2 aromatic heterocycles. The van der Waals surface area contributed by atoms with Gasteiger partial charge in [-0.05, 0) is 32.8 Å². The van der Waals surface area contributed by atoms with E-state index in [1.165, 1.54) is 0 Å². The van der Waals surface area contributed by atoms with Gasteiger partial charge in [0.15, 0.2) is 5.82 Å². The molecule has 0 spiro atoms. The van der Waals surface area contributed by atoms with Crippen molar-refractivity contribution in [2.45, 2.75) is 45.1 Å². The number of amides is 1. The average Bonchev–Trinajstić information content (AvgIpc) is 3.33. The Morgan fingerprint density at radius 1 is 1.24 bits per heavy atom. The molecule has 4 heterocycles. The fourth-order valence-corrected chi connectivity index (χ4v) is 4.92. The van der Waals surface area contributed by atoms with Crippen LogP contribution >= 0.6 is 0 Å². The number of nitrogens with zero attached hydrogens (tertiary/aromatic N) is 5. The Hall–Kier alpha value is -3.00. The lowest BCUT2D eigenvalue weighted by atomic mass is 9.93. The van der Waals surface area contributed by atoms with E-state index in [2.05, 4.69) is 35.0 Å². The van der Waals surface area contributed by atoms with Gasteiger partial charge in [-0.15, -0.1) is 0 Å². The predicted molar refractivity (Wildman–Crippen MR) is 126 cm³/mol. The number of carbonyl (C=O) groups excluding carboxylic acids is 1. The number of allylic oxidation sites excluding steroid dienone is 1. The number of aromatic nitrogens is 3. The number of rotatable bonds is 4. The van der Waals surface area contributed by atoms with Gasteiger partial charge in [0, 0.05) is 61.1 Å². The molecule has 1 aliphatic carbocycles. The molecular weight excluding hydrogens is 418 g/mol. The van der Waals surface area contributed by atoms with Crippen molar-refractivity contribution in [1.82, 2.24) is 19.9 Å². The average molecular weight is 450 g/mol. The molecule has 174 valence electrons. The van der Waals surface area contributed by atoms with Gasteiger partial charge >= 0.3 is 6.09 Å². The first kappa shape index (κ1) is 21.8. The minimum Gasteiger partial charge on any atom is -0.450 e. The topological polar surface area (TPSA) is 80.7 Å². The molecule has 8 heteroatoms. The molecule has 2 fully saturated rings. The Kier molecular flexibility index (Phi) is 6.26. The second kappa shape index (κ2) is 9.47. The minimum absolute atomic E-state index is 0.221. The number of pyridine rings is 1. The SMILES string of the molecule is CCOC(=O)N1CCC(c2cc(N3CCOC[C@H]3C)nc(-c3ccnc4c3C=CC4)n2)CC1. The van der Waals surface area contributed by atoms with E-state index >= 15 is 0 Å². The van der Waals surface area contributed by atoms with Crippen LogP contribution in [0.4, 0.5) is 10.6 Å². The van der Waals surface area contributed by atoms with Gasteiger partial charge in [0.25, 0.3) is 0 Å². The maximum Gasteiger partial charge on any atom is 0.409 e. The number of likely N-dealkylation sites (tertiary alicyclic amines) is 1. The van der Waals surface area contributed by atoms with Gasteiger partial charge in [-0.2, -0.15) is 0 Å². The number of carbonyl (C=O) groups is 1. The third-order valence-electron chi connectivity index (χ3n) is 6.74. The van der Waals surface area contributed by atoms with Crippen molar-refractivity contribution in [2.75, 3.05) is 44.4 Å². The lowest BCUT2D eigenvalue weighted by molar-refractivity contribution is 0.0968. The fourth-order valence-electron chi connectivity index (χ4n) is 4.92. The third-order valence-corrected chi connectivity index (χ3v) is 6.74. The number of ether oxygens (including phenoxy) is 2. The molecule has 0 aromatic carbocycles. The van der Waals surface area contributed by atoms with Crippen molar-refractivity contribution >= 4 is 18.0 Å². The van der Waals surface area contributed by atoms with E-state index in [1.54, 1.807) is 4.90 Å². The smallest absolute Gasteiger partial charge is 0.409 e. The summed E-state index contributed by atoms with van der Waals surface area (Å²) in [5.74, 6) is 1.98. The summed E-state index contributed by atoms with van der Waals surface area (Å²) in [5.41, 5.74) is 4.27. The van der Waals surface area contributed by atoms with E-state index in [1.807, 2.05) is 19.2 Å². The van der Waals surface area contributed by atoms with E-state index in [9.17, 15) is 4.79 Å². The van der Waals surface area contributed by atoms with Crippen LogP contribution in [0.2, 0.25) is 0 Å². The molecule has 0 radical (unpaired) electrons. The molecule has 33 heavy (non-hydrogen) atoms. The lowest BCUT2D eigenvalue weighted by Gasteiger charge is -2.35. The third kappa shape index (κ3) is 4.44. The van der Waals surface area contributed by atoms with Crippen molar-refractivity contribution in [3.63, 3.8) is 0 Å². The highest BCUT2D eigenvalue weighted by Gasteiger charge is 2.28. The molecule has 2 aromatic rings. The highest BCUT2D eigenvalue weighted by Crippen LogP contribution is 2.34. The van der Waals surface area contributed by atoms with Crippen LogP contribution in [-0.2, 0) is 15.9 Å². The van der Waals surface area contributed by atoms with Gasteiger partial charge in [-0.25, -0.2) is 14.8 Å². The Morgan fingerprint density at radius 2 is 2.09 bits per heavy atom. The zero-order valence-electron chi connectivity index (χ0n) is 19.4. The van der Waals surface area contributed by atoms with Crippen LogP contribution in [-0.4, -0.2) is 71.4 Å². The zero-order chi connectivity index (χ0) is 22.8. The van der Waals surface area contributed by atoms with Crippen LogP contribution < -0.4 is 4.90 Å². The van der Waals surface area contributed by atoms with Gasteiger partial charge in [-0.3, -0.25) is 4.98 Å². The van der Waals surface area contributed by atoms with E-state index in [0.717, 1.165) is 60.0 Å². The molecule has 2 aliphatic heterocycles. The van der Waals surface area contributed by atoms with Crippen LogP contribution in [0.3, 0.4) is 0 Å².